The first kappa shape index (κ1) is 18.3. The Kier molecular flexibility index (Phi) is 4.98. The Bertz CT molecular complexity index is 1050. The molecule has 3 aromatic rings. The van der Waals surface area contributed by atoms with Gasteiger partial charge >= 0.3 is 5.97 Å². The van der Waals surface area contributed by atoms with Crippen molar-refractivity contribution >= 4 is 29.1 Å². The van der Waals surface area contributed by atoms with Crippen molar-refractivity contribution in [2.24, 2.45) is 0 Å². The number of carbonyl (C=O) groups excluding carboxylic acids is 2. The fraction of sp³-hybridized carbons (Fsp3) is 0.0952. The normalized spacial score (nSPS) is 11.6. The van der Waals surface area contributed by atoms with E-state index >= 15 is 0 Å². The highest BCUT2D eigenvalue weighted by Crippen LogP contribution is 2.34. The Hall–Kier alpha value is -4.07. The van der Waals surface area contributed by atoms with E-state index in [2.05, 4.69) is 20.4 Å². The van der Waals surface area contributed by atoms with Crippen molar-refractivity contribution in [2.45, 2.75) is 0 Å². The zero-order chi connectivity index (χ0) is 20.2. The lowest BCUT2D eigenvalue weighted by Gasteiger charge is -2.08. The molecule has 29 heavy (non-hydrogen) atoms. The molecule has 0 bridgehead atoms. The number of esters is 1. The summed E-state index contributed by atoms with van der Waals surface area (Å²) >= 11 is 0. The molecule has 4 rings (SSSR count). The Morgan fingerprint density at radius 1 is 0.931 bits per heavy atom. The Labute approximate surface area is 166 Å². The summed E-state index contributed by atoms with van der Waals surface area (Å²) in [6.45, 7) is 0.177. The zero-order valence-electron chi connectivity index (χ0n) is 15.5. The summed E-state index contributed by atoms with van der Waals surface area (Å²) in [5.41, 5.74) is 2.23. The van der Waals surface area contributed by atoms with Crippen LogP contribution in [-0.4, -0.2) is 30.8 Å². The molecule has 2 N–H and O–H groups in total. The number of rotatable bonds is 5. The maximum atomic E-state index is 12.4. The summed E-state index contributed by atoms with van der Waals surface area (Å²) in [6, 6.07) is 15.4. The molecule has 0 fully saturated rings. The molecule has 0 spiro atoms. The topological polar surface area (TPSA) is 98.8 Å². The number of amides is 1. The van der Waals surface area contributed by atoms with Gasteiger partial charge in [-0.25, -0.2) is 9.78 Å². The average Bonchev–Trinajstić information content (AvgIpc) is 3.22. The first-order valence-electron chi connectivity index (χ1n) is 8.75. The molecular formula is C21H17N3O5. The SMILES string of the molecule is COC(=O)c1ccc(Nc2ccc(C(=O)Nc3ccc4c(c3)OCO4)cn2)cc1. The third-order valence-corrected chi connectivity index (χ3v) is 4.23. The van der Waals surface area contributed by atoms with Gasteiger partial charge in [0.15, 0.2) is 11.5 Å². The molecule has 0 saturated carbocycles. The number of pyridine rings is 1. The van der Waals surface area contributed by atoms with E-state index in [-0.39, 0.29) is 12.7 Å². The summed E-state index contributed by atoms with van der Waals surface area (Å²) in [6.07, 6.45) is 1.48. The van der Waals surface area contributed by atoms with Gasteiger partial charge in [-0.15, -0.1) is 0 Å². The second kappa shape index (κ2) is 7.89. The van der Waals surface area contributed by atoms with Crippen LogP contribution in [0.2, 0.25) is 0 Å². The molecule has 1 aliphatic rings. The number of ether oxygens (including phenoxy) is 3. The molecular weight excluding hydrogens is 374 g/mol. The molecule has 0 aliphatic carbocycles. The highest BCUT2D eigenvalue weighted by molar-refractivity contribution is 6.04. The van der Waals surface area contributed by atoms with Gasteiger partial charge in [0, 0.05) is 23.6 Å². The molecule has 8 heteroatoms. The van der Waals surface area contributed by atoms with Crippen LogP contribution in [0.15, 0.2) is 60.8 Å². The third-order valence-electron chi connectivity index (χ3n) is 4.23. The van der Waals surface area contributed by atoms with Crippen LogP contribution in [-0.2, 0) is 4.74 Å². The van der Waals surface area contributed by atoms with Crippen LogP contribution in [0.25, 0.3) is 0 Å². The van der Waals surface area contributed by atoms with Crippen LogP contribution < -0.4 is 20.1 Å². The van der Waals surface area contributed by atoms with Gasteiger partial charge in [-0.3, -0.25) is 4.79 Å². The Morgan fingerprint density at radius 3 is 2.38 bits per heavy atom. The van der Waals surface area contributed by atoms with Crippen LogP contribution >= 0.6 is 0 Å². The fourth-order valence-corrected chi connectivity index (χ4v) is 2.74. The van der Waals surface area contributed by atoms with E-state index < -0.39 is 5.97 Å². The lowest BCUT2D eigenvalue weighted by molar-refractivity contribution is 0.0600. The number of hydrogen-bond donors (Lipinski definition) is 2. The second-order valence-corrected chi connectivity index (χ2v) is 6.15. The van der Waals surface area contributed by atoms with Crippen molar-refractivity contribution in [3.05, 3.63) is 71.9 Å². The van der Waals surface area contributed by atoms with Crippen LogP contribution in [0.5, 0.6) is 11.5 Å². The van der Waals surface area contributed by atoms with E-state index in [0.717, 1.165) is 5.69 Å². The lowest BCUT2D eigenvalue weighted by atomic mass is 10.2. The first-order chi connectivity index (χ1) is 14.1. The summed E-state index contributed by atoms with van der Waals surface area (Å²) in [5.74, 6) is 1.13. The van der Waals surface area contributed by atoms with E-state index in [4.69, 9.17) is 9.47 Å². The Balaban J connectivity index is 1.39. The van der Waals surface area contributed by atoms with Gasteiger partial charge in [-0.1, -0.05) is 0 Å². The predicted molar refractivity (Wildman–Crippen MR) is 106 cm³/mol. The molecule has 0 unspecified atom stereocenters. The number of methoxy groups -OCH3 is 1. The third kappa shape index (κ3) is 4.11. The number of anilines is 3. The maximum absolute atomic E-state index is 12.4. The van der Waals surface area contributed by atoms with Gasteiger partial charge in [0.2, 0.25) is 6.79 Å². The standard InChI is InChI=1S/C21H17N3O5/c1-27-21(26)13-2-5-15(6-3-13)23-19-9-4-14(11-22-19)20(25)24-16-7-8-17-18(10-16)29-12-28-17/h2-11H,12H2,1H3,(H,22,23)(H,24,25). The lowest BCUT2D eigenvalue weighted by Crippen LogP contribution is -2.12. The molecule has 1 aliphatic heterocycles. The molecule has 2 aromatic carbocycles. The minimum atomic E-state index is -0.396. The van der Waals surface area contributed by atoms with Crippen LogP contribution in [0.4, 0.5) is 17.2 Å². The van der Waals surface area contributed by atoms with Crippen LogP contribution in [0.3, 0.4) is 0 Å². The van der Waals surface area contributed by atoms with Crippen molar-refractivity contribution in [1.29, 1.82) is 0 Å². The molecule has 0 atom stereocenters. The second-order valence-electron chi connectivity index (χ2n) is 6.15. The Morgan fingerprint density at radius 2 is 1.66 bits per heavy atom. The van der Waals surface area contributed by atoms with Crippen LogP contribution in [0, 0.1) is 0 Å². The summed E-state index contributed by atoms with van der Waals surface area (Å²) < 4.78 is 15.2. The fourth-order valence-electron chi connectivity index (χ4n) is 2.74. The van der Waals surface area contributed by atoms with E-state index in [1.165, 1.54) is 13.3 Å². The molecule has 2 heterocycles. The quantitative estimate of drug-likeness (QED) is 0.641. The number of aromatic nitrogens is 1. The zero-order valence-corrected chi connectivity index (χ0v) is 15.5. The largest absolute Gasteiger partial charge is 0.465 e. The maximum Gasteiger partial charge on any atom is 0.337 e. The molecule has 8 nitrogen and oxygen atoms in total. The molecule has 0 saturated heterocycles. The van der Waals surface area contributed by atoms with Gasteiger partial charge in [0.25, 0.3) is 5.91 Å². The predicted octanol–water partition coefficient (Wildman–Crippen LogP) is 3.59. The monoisotopic (exact) mass is 391 g/mol. The highest BCUT2D eigenvalue weighted by atomic mass is 16.7. The van der Waals surface area contributed by atoms with Gasteiger partial charge < -0.3 is 24.8 Å². The van der Waals surface area contributed by atoms with Crippen molar-refractivity contribution in [2.75, 3.05) is 24.5 Å². The first-order valence-corrected chi connectivity index (χ1v) is 8.75. The molecule has 146 valence electrons. The number of nitrogens with one attached hydrogen (secondary N) is 2. The number of fused-ring (bicyclic) bond motifs is 1. The van der Waals surface area contributed by atoms with Gasteiger partial charge in [-0.05, 0) is 48.5 Å². The molecule has 1 amide bonds. The van der Waals surface area contributed by atoms with E-state index in [0.29, 0.717) is 34.1 Å². The number of nitrogens with zero attached hydrogens (tertiary/aromatic N) is 1. The minimum absolute atomic E-state index is 0.177. The highest BCUT2D eigenvalue weighted by Gasteiger charge is 2.15. The molecule has 1 aromatic heterocycles. The van der Waals surface area contributed by atoms with Gasteiger partial charge in [0.05, 0.1) is 18.2 Å². The van der Waals surface area contributed by atoms with Crippen molar-refractivity contribution in [3.8, 4) is 11.5 Å². The van der Waals surface area contributed by atoms with Gasteiger partial charge in [-0.2, -0.15) is 0 Å². The average molecular weight is 391 g/mol. The minimum Gasteiger partial charge on any atom is -0.465 e. The van der Waals surface area contributed by atoms with Crippen LogP contribution in [0.1, 0.15) is 20.7 Å². The molecule has 0 radical (unpaired) electrons. The van der Waals surface area contributed by atoms with Crippen molar-refractivity contribution < 1.29 is 23.8 Å². The number of benzene rings is 2. The van der Waals surface area contributed by atoms with E-state index in [1.807, 2.05) is 0 Å². The summed E-state index contributed by atoms with van der Waals surface area (Å²) in [7, 11) is 1.34. The summed E-state index contributed by atoms with van der Waals surface area (Å²) in [5, 5.41) is 5.91. The smallest absolute Gasteiger partial charge is 0.337 e. The number of hydrogen-bond acceptors (Lipinski definition) is 7. The van der Waals surface area contributed by atoms with Crippen molar-refractivity contribution in [1.82, 2.24) is 4.98 Å². The van der Waals surface area contributed by atoms with Crippen molar-refractivity contribution in [3.63, 3.8) is 0 Å². The summed E-state index contributed by atoms with van der Waals surface area (Å²) in [4.78, 5) is 28.2. The van der Waals surface area contributed by atoms with E-state index in [9.17, 15) is 9.59 Å². The van der Waals surface area contributed by atoms with Gasteiger partial charge in [0.1, 0.15) is 5.82 Å². The van der Waals surface area contributed by atoms with E-state index in [1.54, 1.807) is 54.6 Å². The number of carbonyl (C=O) groups is 2.